The van der Waals surface area contributed by atoms with Crippen molar-refractivity contribution in [3.63, 3.8) is 0 Å². The Kier molecular flexibility index (Phi) is 7.28. The van der Waals surface area contributed by atoms with E-state index in [4.69, 9.17) is 18.9 Å². The number of likely N-dealkylation sites (tertiary alicyclic amines) is 1. The summed E-state index contributed by atoms with van der Waals surface area (Å²) in [6, 6.07) is 8.19. The summed E-state index contributed by atoms with van der Waals surface area (Å²) < 4.78 is 21.5. The molecule has 0 radical (unpaired) electrons. The maximum Gasteiger partial charge on any atom is 0.265 e. The number of rotatable bonds is 7. The van der Waals surface area contributed by atoms with Gasteiger partial charge in [0.15, 0.2) is 18.1 Å². The Morgan fingerprint density at radius 1 is 0.971 bits per heavy atom. The molecule has 1 fully saturated rings. The van der Waals surface area contributed by atoms with Gasteiger partial charge >= 0.3 is 0 Å². The Labute approximate surface area is 203 Å². The predicted molar refractivity (Wildman–Crippen MR) is 129 cm³/mol. The van der Waals surface area contributed by atoms with Crippen LogP contribution in [0, 0.1) is 0 Å². The summed E-state index contributed by atoms with van der Waals surface area (Å²) in [7, 11) is 4.45. The zero-order valence-corrected chi connectivity index (χ0v) is 20.1. The van der Waals surface area contributed by atoms with E-state index in [0.717, 1.165) is 19.3 Å². The molecule has 10 nitrogen and oxygen atoms in total. The number of hydrogen-bond acceptors (Lipinski definition) is 7. The van der Waals surface area contributed by atoms with Gasteiger partial charge in [0.05, 0.1) is 27.0 Å². The van der Waals surface area contributed by atoms with Crippen LogP contribution in [0.1, 0.15) is 29.6 Å². The maximum atomic E-state index is 13.0. The van der Waals surface area contributed by atoms with E-state index in [0.29, 0.717) is 53.0 Å². The predicted octanol–water partition coefficient (Wildman–Crippen LogP) is 2.70. The first-order valence-electron chi connectivity index (χ1n) is 11.4. The highest BCUT2D eigenvalue weighted by atomic mass is 16.5. The second-order valence-electron chi connectivity index (χ2n) is 8.27. The normalized spacial score (nSPS) is 15.1. The van der Waals surface area contributed by atoms with Gasteiger partial charge in [-0.3, -0.25) is 19.3 Å². The minimum Gasteiger partial charge on any atom is -0.493 e. The van der Waals surface area contributed by atoms with Crippen LogP contribution < -0.4 is 29.2 Å². The molecule has 0 atom stereocenters. The number of carbonyl (C=O) groups excluding carboxylic acids is 3. The lowest BCUT2D eigenvalue weighted by molar-refractivity contribution is -0.123. The molecule has 1 saturated heterocycles. The zero-order chi connectivity index (χ0) is 24.9. The van der Waals surface area contributed by atoms with Gasteiger partial charge in [0.25, 0.3) is 11.8 Å². The summed E-state index contributed by atoms with van der Waals surface area (Å²) in [5.74, 6) is 0.712. The number of methoxy groups -OCH3 is 3. The molecule has 2 heterocycles. The summed E-state index contributed by atoms with van der Waals surface area (Å²) in [5, 5.41) is 2.77. The molecule has 10 heteroatoms. The van der Waals surface area contributed by atoms with Crippen LogP contribution in [0.3, 0.4) is 0 Å². The van der Waals surface area contributed by atoms with Crippen LogP contribution in [0.5, 0.6) is 23.0 Å². The number of nitrogens with one attached hydrogen (secondary N) is 1. The van der Waals surface area contributed by atoms with Gasteiger partial charge in [-0.25, -0.2) is 0 Å². The first-order chi connectivity index (χ1) is 16.9. The summed E-state index contributed by atoms with van der Waals surface area (Å²) in [5.41, 5.74) is 1.27. The van der Waals surface area contributed by atoms with E-state index in [-0.39, 0.29) is 25.0 Å². The van der Waals surface area contributed by atoms with Crippen molar-refractivity contribution in [2.45, 2.75) is 19.3 Å². The molecule has 1 N–H and O–H groups in total. The third-order valence-corrected chi connectivity index (χ3v) is 6.04. The first kappa shape index (κ1) is 24.2. The van der Waals surface area contributed by atoms with E-state index in [2.05, 4.69) is 5.32 Å². The molecule has 35 heavy (non-hydrogen) atoms. The lowest BCUT2D eigenvalue weighted by Gasteiger charge is -2.30. The standard InChI is InChI=1S/C25H29N3O7/c1-32-20-12-17(13-21(33-2)24(20)34-3)26-22(29)14-28-18-11-16(7-8-19(18)35-15-23(28)30)25(31)27-9-5-4-6-10-27/h7-8,11-13H,4-6,9-10,14-15H2,1-3H3,(H,26,29). The lowest BCUT2D eigenvalue weighted by Crippen LogP contribution is -2.43. The Morgan fingerprint density at radius 2 is 1.66 bits per heavy atom. The second kappa shape index (κ2) is 10.5. The Bertz CT molecular complexity index is 1100. The Morgan fingerprint density at radius 3 is 2.29 bits per heavy atom. The van der Waals surface area contributed by atoms with Crippen molar-refractivity contribution < 1.29 is 33.3 Å². The fourth-order valence-corrected chi connectivity index (χ4v) is 4.29. The summed E-state index contributed by atoms with van der Waals surface area (Å²) in [4.78, 5) is 41.7. The topological polar surface area (TPSA) is 107 Å². The molecule has 4 rings (SSSR count). The van der Waals surface area contributed by atoms with Gasteiger partial charge in [0.2, 0.25) is 11.7 Å². The molecule has 3 amide bonds. The van der Waals surface area contributed by atoms with Crippen molar-refractivity contribution in [3.8, 4) is 23.0 Å². The van der Waals surface area contributed by atoms with Gasteiger partial charge in [0, 0.05) is 36.5 Å². The number of fused-ring (bicyclic) bond motifs is 1. The van der Waals surface area contributed by atoms with Crippen LogP contribution in [0.2, 0.25) is 0 Å². The van der Waals surface area contributed by atoms with Crippen LogP contribution >= 0.6 is 0 Å². The number of carbonyl (C=O) groups is 3. The number of ether oxygens (including phenoxy) is 4. The number of nitrogens with zero attached hydrogens (tertiary/aromatic N) is 2. The highest BCUT2D eigenvalue weighted by molar-refractivity contribution is 6.06. The maximum absolute atomic E-state index is 13.0. The van der Waals surface area contributed by atoms with Crippen molar-refractivity contribution >= 4 is 29.1 Å². The third kappa shape index (κ3) is 5.11. The van der Waals surface area contributed by atoms with Crippen molar-refractivity contribution in [1.82, 2.24) is 4.90 Å². The Balaban J connectivity index is 1.54. The van der Waals surface area contributed by atoms with Crippen LogP contribution in [-0.4, -0.2) is 70.2 Å². The smallest absolute Gasteiger partial charge is 0.265 e. The van der Waals surface area contributed by atoms with Gasteiger partial charge in [-0.15, -0.1) is 0 Å². The average Bonchev–Trinajstić information content (AvgIpc) is 2.89. The van der Waals surface area contributed by atoms with Crippen LogP contribution in [0.25, 0.3) is 0 Å². The summed E-state index contributed by atoms with van der Waals surface area (Å²) in [6.45, 7) is 0.982. The van der Waals surface area contributed by atoms with E-state index in [1.54, 1.807) is 30.3 Å². The van der Waals surface area contributed by atoms with Gasteiger partial charge < -0.3 is 29.2 Å². The highest BCUT2D eigenvalue weighted by Crippen LogP contribution is 2.40. The molecule has 0 bridgehead atoms. The molecule has 0 spiro atoms. The first-order valence-corrected chi connectivity index (χ1v) is 11.4. The van der Waals surface area contributed by atoms with E-state index < -0.39 is 5.91 Å². The number of piperidine rings is 1. The van der Waals surface area contributed by atoms with Crippen molar-refractivity contribution in [3.05, 3.63) is 35.9 Å². The SMILES string of the molecule is COc1cc(NC(=O)CN2C(=O)COc3ccc(C(=O)N4CCCCC4)cc32)cc(OC)c1OC. The second-order valence-corrected chi connectivity index (χ2v) is 8.27. The summed E-state index contributed by atoms with van der Waals surface area (Å²) >= 11 is 0. The molecular weight excluding hydrogens is 454 g/mol. The van der Waals surface area contributed by atoms with Gasteiger partial charge in [-0.2, -0.15) is 0 Å². The van der Waals surface area contributed by atoms with E-state index in [1.165, 1.54) is 26.2 Å². The van der Waals surface area contributed by atoms with E-state index in [9.17, 15) is 14.4 Å². The molecule has 2 aliphatic heterocycles. The van der Waals surface area contributed by atoms with Crippen molar-refractivity contribution in [2.24, 2.45) is 0 Å². The van der Waals surface area contributed by atoms with Crippen LogP contribution in [-0.2, 0) is 9.59 Å². The minimum atomic E-state index is -0.437. The fourth-order valence-electron chi connectivity index (χ4n) is 4.29. The van der Waals surface area contributed by atoms with Gasteiger partial charge in [0.1, 0.15) is 12.3 Å². The highest BCUT2D eigenvalue weighted by Gasteiger charge is 2.29. The largest absolute Gasteiger partial charge is 0.493 e. The molecule has 2 aromatic carbocycles. The van der Waals surface area contributed by atoms with E-state index >= 15 is 0 Å². The fraction of sp³-hybridized carbons (Fsp3) is 0.400. The molecule has 186 valence electrons. The number of amides is 3. The molecule has 0 aromatic heterocycles. The molecular formula is C25H29N3O7. The lowest BCUT2D eigenvalue weighted by atomic mass is 10.1. The third-order valence-electron chi connectivity index (χ3n) is 6.04. The molecule has 0 aliphatic carbocycles. The number of benzene rings is 2. The molecule has 0 saturated carbocycles. The average molecular weight is 484 g/mol. The molecule has 2 aliphatic rings. The molecule has 2 aromatic rings. The number of hydrogen-bond donors (Lipinski definition) is 1. The monoisotopic (exact) mass is 483 g/mol. The van der Waals surface area contributed by atoms with Gasteiger partial charge in [-0.1, -0.05) is 0 Å². The Hall–Kier alpha value is -3.95. The summed E-state index contributed by atoms with van der Waals surface area (Å²) in [6.07, 6.45) is 3.07. The van der Waals surface area contributed by atoms with Crippen molar-refractivity contribution in [1.29, 1.82) is 0 Å². The van der Waals surface area contributed by atoms with Crippen LogP contribution in [0.15, 0.2) is 30.3 Å². The zero-order valence-electron chi connectivity index (χ0n) is 20.1. The van der Waals surface area contributed by atoms with Crippen LogP contribution in [0.4, 0.5) is 11.4 Å². The van der Waals surface area contributed by atoms with Gasteiger partial charge in [-0.05, 0) is 37.5 Å². The minimum absolute atomic E-state index is 0.0904. The quantitative estimate of drug-likeness (QED) is 0.645. The van der Waals surface area contributed by atoms with Crippen molar-refractivity contribution in [2.75, 3.05) is 57.8 Å². The molecule has 0 unspecified atom stereocenters. The number of anilines is 2. The van der Waals surface area contributed by atoms with E-state index in [1.807, 2.05) is 4.90 Å².